The first-order valence-corrected chi connectivity index (χ1v) is 10.1. The smallest absolute Gasteiger partial charge is 0.249 e. The maximum absolute atomic E-state index is 12.9. The summed E-state index contributed by atoms with van der Waals surface area (Å²) >= 11 is 0. The minimum atomic E-state index is -0.342. The second kappa shape index (κ2) is 6.65. The van der Waals surface area contributed by atoms with Crippen LogP contribution in [0.3, 0.4) is 0 Å². The monoisotopic (exact) mass is 388 g/mol. The van der Waals surface area contributed by atoms with E-state index in [0.717, 1.165) is 32.1 Å². The quantitative estimate of drug-likeness (QED) is 0.708. The minimum Gasteiger partial charge on any atom is -0.373 e. The van der Waals surface area contributed by atoms with Crippen molar-refractivity contribution in [2.24, 2.45) is 11.8 Å². The number of aryl methyl sites for hydroxylation is 1. The van der Waals surface area contributed by atoms with E-state index in [9.17, 15) is 14.4 Å². The van der Waals surface area contributed by atoms with Crippen LogP contribution in [-0.4, -0.2) is 63.0 Å². The van der Waals surface area contributed by atoms with Gasteiger partial charge in [-0.25, -0.2) is 0 Å². The first kappa shape index (κ1) is 17.8. The van der Waals surface area contributed by atoms with Crippen LogP contribution in [0.15, 0.2) is 4.52 Å². The molecule has 0 radical (unpaired) electrons. The van der Waals surface area contributed by atoms with E-state index in [1.807, 2.05) is 0 Å². The second-order valence-corrected chi connectivity index (χ2v) is 8.20. The predicted molar refractivity (Wildman–Crippen MR) is 93.6 cm³/mol. The molecular formula is C19H24N4O5. The molecule has 4 fully saturated rings. The number of hydrogen-bond acceptors (Lipinski definition) is 7. The van der Waals surface area contributed by atoms with Crippen molar-refractivity contribution in [2.45, 2.75) is 63.7 Å². The minimum absolute atomic E-state index is 0.0857. The van der Waals surface area contributed by atoms with Crippen LogP contribution < -0.4 is 0 Å². The Morgan fingerprint density at radius 3 is 2.46 bits per heavy atom. The van der Waals surface area contributed by atoms with Crippen molar-refractivity contribution in [1.29, 1.82) is 0 Å². The van der Waals surface area contributed by atoms with Gasteiger partial charge in [-0.1, -0.05) is 5.16 Å². The van der Waals surface area contributed by atoms with Gasteiger partial charge < -0.3 is 14.2 Å². The lowest BCUT2D eigenvalue weighted by molar-refractivity contribution is -0.143. The van der Waals surface area contributed by atoms with Crippen molar-refractivity contribution in [1.82, 2.24) is 19.9 Å². The summed E-state index contributed by atoms with van der Waals surface area (Å²) in [7, 11) is 0. The summed E-state index contributed by atoms with van der Waals surface area (Å²) in [5.41, 5.74) is 0. The number of imide groups is 1. The molecule has 4 saturated heterocycles. The highest BCUT2D eigenvalue weighted by Gasteiger charge is 2.62. The maximum atomic E-state index is 12.9. The average molecular weight is 388 g/mol. The molecule has 0 spiro atoms. The molecule has 9 heteroatoms. The number of aromatic nitrogens is 2. The van der Waals surface area contributed by atoms with E-state index >= 15 is 0 Å². The second-order valence-electron chi connectivity index (χ2n) is 8.20. The lowest BCUT2D eigenvalue weighted by Crippen LogP contribution is -2.42. The van der Waals surface area contributed by atoms with Gasteiger partial charge in [-0.3, -0.25) is 19.3 Å². The topological polar surface area (TPSA) is 106 Å². The van der Waals surface area contributed by atoms with Crippen LogP contribution in [-0.2, 0) is 19.1 Å². The molecule has 1 aromatic rings. The molecule has 1 aromatic heterocycles. The summed E-state index contributed by atoms with van der Waals surface area (Å²) in [6.07, 6.45) is 4.25. The fourth-order valence-electron chi connectivity index (χ4n) is 5.28. The van der Waals surface area contributed by atoms with Gasteiger partial charge >= 0.3 is 0 Å². The number of carbonyl (C=O) groups is 3. The molecule has 5 rings (SSSR count). The SMILES string of the molecule is Cc1noc(C2CCCCN2C(=O)CCN2C(=O)C3C4CCC(O4)C3C2=O)n1. The fraction of sp³-hybridized carbons (Fsp3) is 0.737. The molecule has 4 aliphatic rings. The summed E-state index contributed by atoms with van der Waals surface area (Å²) in [6.45, 7) is 2.51. The highest BCUT2D eigenvalue weighted by Crippen LogP contribution is 2.48. The van der Waals surface area contributed by atoms with Crippen molar-refractivity contribution >= 4 is 17.7 Å². The van der Waals surface area contributed by atoms with E-state index in [1.54, 1.807) is 11.8 Å². The molecule has 5 atom stereocenters. The molecule has 9 nitrogen and oxygen atoms in total. The summed E-state index contributed by atoms with van der Waals surface area (Å²) in [6, 6.07) is -0.226. The van der Waals surface area contributed by atoms with Gasteiger partial charge in [-0.2, -0.15) is 4.98 Å². The Bertz CT molecular complexity index is 795. The lowest BCUT2D eigenvalue weighted by Gasteiger charge is -2.33. The molecule has 0 saturated carbocycles. The largest absolute Gasteiger partial charge is 0.373 e. The van der Waals surface area contributed by atoms with Gasteiger partial charge in [0.05, 0.1) is 24.0 Å². The van der Waals surface area contributed by atoms with Gasteiger partial charge in [0, 0.05) is 19.5 Å². The summed E-state index contributed by atoms with van der Waals surface area (Å²) in [4.78, 5) is 45.7. The van der Waals surface area contributed by atoms with Crippen molar-refractivity contribution < 1.29 is 23.6 Å². The number of nitrogens with zero attached hydrogens (tertiary/aromatic N) is 4. The van der Waals surface area contributed by atoms with Crippen LogP contribution in [0.5, 0.6) is 0 Å². The molecule has 4 aliphatic heterocycles. The standard InChI is InChI=1S/C19H24N4O5/c1-10-20-17(28-21-10)11-4-2-3-8-22(11)14(24)7-9-23-18(25)15-12-5-6-13(27-12)16(15)19(23)26/h11-13,15-16H,2-9H2,1H3. The van der Waals surface area contributed by atoms with Crippen molar-refractivity contribution in [3.05, 3.63) is 11.7 Å². The van der Waals surface area contributed by atoms with Crippen molar-refractivity contribution in [3.63, 3.8) is 0 Å². The zero-order valence-electron chi connectivity index (χ0n) is 15.9. The van der Waals surface area contributed by atoms with Crippen molar-refractivity contribution in [3.8, 4) is 0 Å². The third-order valence-corrected chi connectivity index (χ3v) is 6.58. The van der Waals surface area contributed by atoms with E-state index < -0.39 is 0 Å². The fourth-order valence-corrected chi connectivity index (χ4v) is 5.28. The molecule has 150 valence electrons. The van der Waals surface area contributed by atoms with E-state index in [0.29, 0.717) is 18.3 Å². The zero-order chi connectivity index (χ0) is 19.4. The Morgan fingerprint density at radius 2 is 1.82 bits per heavy atom. The van der Waals surface area contributed by atoms with Crippen LogP contribution in [0.25, 0.3) is 0 Å². The van der Waals surface area contributed by atoms with E-state index in [-0.39, 0.29) is 60.8 Å². The molecule has 3 amide bonds. The number of likely N-dealkylation sites (tertiary alicyclic amines) is 2. The third kappa shape index (κ3) is 2.67. The van der Waals surface area contributed by atoms with E-state index in [1.165, 1.54) is 4.90 Å². The number of fused-ring (bicyclic) bond motifs is 5. The number of amides is 3. The Labute approximate surface area is 162 Å². The third-order valence-electron chi connectivity index (χ3n) is 6.58. The van der Waals surface area contributed by atoms with Crippen molar-refractivity contribution in [2.75, 3.05) is 13.1 Å². The van der Waals surface area contributed by atoms with Gasteiger partial charge in [0.1, 0.15) is 6.04 Å². The van der Waals surface area contributed by atoms with Crippen LogP contribution in [0.4, 0.5) is 0 Å². The molecular weight excluding hydrogens is 364 g/mol. The normalized spacial score (nSPS) is 34.4. The molecule has 2 bridgehead atoms. The number of rotatable bonds is 4. The van der Waals surface area contributed by atoms with Gasteiger partial charge in [0.2, 0.25) is 23.6 Å². The molecule has 5 heterocycles. The molecule has 0 N–H and O–H groups in total. The Morgan fingerprint density at radius 1 is 1.11 bits per heavy atom. The van der Waals surface area contributed by atoms with E-state index in [4.69, 9.17) is 9.26 Å². The Kier molecular flexibility index (Phi) is 4.22. The predicted octanol–water partition coefficient (Wildman–Crippen LogP) is 0.984. The highest BCUT2D eigenvalue weighted by atomic mass is 16.5. The highest BCUT2D eigenvalue weighted by molar-refractivity contribution is 6.06. The molecule has 28 heavy (non-hydrogen) atoms. The molecule has 0 aromatic carbocycles. The number of hydrogen-bond donors (Lipinski definition) is 0. The van der Waals surface area contributed by atoms with Crippen LogP contribution in [0, 0.1) is 18.8 Å². The summed E-state index contributed by atoms with van der Waals surface area (Å²) in [5, 5.41) is 3.83. The molecule has 0 aliphatic carbocycles. The first-order valence-electron chi connectivity index (χ1n) is 10.1. The van der Waals surface area contributed by atoms with Gasteiger partial charge in [0.25, 0.3) is 0 Å². The lowest BCUT2D eigenvalue weighted by atomic mass is 9.81. The average Bonchev–Trinajstić information content (AvgIpc) is 3.46. The van der Waals surface area contributed by atoms with Gasteiger partial charge in [0.15, 0.2) is 5.82 Å². The first-order chi connectivity index (χ1) is 13.5. The number of ether oxygens (including phenoxy) is 1. The number of carbonyl (C=O) groups excluding carboxylic acids is 3. The molecule has 5 unspecified atom stereocenters. The van der Waals surface area contributed by atoms with Crippen LogP contribution in [0.2, 0.25) is 0 Å². The van der Waals surface area contributed by atoms with Gasteiger partial charge in [-0.05, 0) is 39.0 Å². The zero-order valence-corrected chi connectivity index (χ0v) is 15.9. The van der Waals surface area contributed by atoms with Crippen LogP contribution >= 0.6 is 0 Å². The summed E-state index contributed by atoms with van der Waals surface area (Å²) < 4.78 is 11.0. The van der Waals surface area contributed by atoms with Gasteiger partial charge in [-0.15, -0.1) is 0 Å². The number of piperidine rings is 1. The van der Waals surface area contributed by atoms with E-state index in [2.05, 4.69) is 10.1 Å². The Balaban J connectivity index is 1.25. The summed E-state index contributed by atoms with van der Waals surface area (Å²) in [5.74, 6) is -0.101. The van der Waals surface area contributed by atoms with Crippen LogP contribution in [0.1, 0.15) is 56.3 Å². The maximum Gasteiger partial charge on any atom is 0.249 e. The Hall–Kier alpha value is -2.29.